The molecule has 0 saturated carbocycles. The lowest BCUT2D eigenvalue weighted by Crippen LogP contribution is -2.54. The molecular formula is C33H30N6O5. The van der Waals surface area contributed by atoms with E-state index in [4.69, 9.17) is 5.73 Å². The Morgan fingerprint density at radius 1 is 0.909 bits per heavy atom. The molecule has 3 N–H and O–H groups in total. The third-order valence-electron chi connectivity index (χ3n) is 8.93. The predicted octanol–water partition coefficient (Wildman–Crippen LogP) is 2.91. The summed E-state index contributed by atoms with van der Waals surface area (Å²) in [5, 5.41) is 7.67. The maximum absolute atomic E-state index is 13.2. The minimum Gasteiger partial charge on any atom is -0.366 e. The maximum atomic E-state index is 13.2. The van der Waals surface area contributed by atoms with E-state index < -0.39 is 35.6 Å². The van der Waals surface area contributed by atoms with Crippen LogP contribution in [0.4, 0.5) is 0 Å². The number of imide groups is 2. The van der Waals surface area contributed by atoms with Gasteiger partial charge in [0, 0.05) is 24.5 Å². The molecule has 0 spiro atoms. The smallest absolute Gasteiger partial charge is 0.262 e. The Labute approximate surface area is 252 Å². The van der Waals surface area contributed by atoms with Crippen molar-refractivity contribution < 1.29 is 24.0 Å². The maximum Gasteiger partial charge on any atom is 0.262 e. The average molecular weight is 591 g/mol. The molecule has 7 rings (SSSR count). The largest absolute Gasteiger partial charge is 0.366 e. The molecule has 4 heterocycles. The Morgan fingerprint density at radius 2 is 1.66 bits per heavy atom. The summed E-state index contributed by atoms with van der Waals surface area (Å²) < 4.78 is 1.77. The zero-order valence-electron chi connectivity index (χ0n) is 23.9. The second-order valence-electron chi connectivity index (χ2n) is 11.7. The average Bonchev–Trinajstić information content (AvgIpc) is 3.56. The van der Waals surface area contributed by atoms with Crippen molar-refractivity contribution in [1.29, 1.82) is 0 Å². The van der Waals surface area contributed by atoms with E-state index in [-0.39, 0.29) is 12.8 Å². The van der Waals surface area contributed by atoms with Crippen molar-refractivity contribution in [3.05, 3.63) is 94.7 Å². The first-order valence-electron chi connectivity index (χ1n) is 14.7. The molecule has 1 unspecified atom stereocenters. The number of rotatable bonds is 6. The Kier molecular flexibility index (Phi) is 6.81. The molecule has 2 saturated heterocycles. The van der Waals surface area contributed by atoms with Crippen molar-refractivity contribution in [2.75, 3.05) is 13.1 Å². The van der Waals surface area contributed by atoms with Gasteiger partial charge >= 0.3 is 0 Å². The van der Waals surface area contributed by atoms with Gasteiger partial charge in [-0.15, -0.1) is 0 Å². The third-order valence-corrected chi connectivity index (χ3v) is 8.93. The van der Waals surface area contributed by atoms with Gasteiger partial charge in [0.25, 0.3) is 17.7 Å². The molecule has 0 radical (unpaired) electrons. The third kappa shape index (κ3) is 4.84. The van der Waals surface area contributed by atoms with Crippen LogP contribution in [-0.2, 0) is 16.1 Å². The number of aromatic nitrogens is 2. The first kappa shape index (κ1) is 27.7. The molecule has 3 aliphatic rings. The molecule has 2 fully saturated rings. The van der Waals surface area contributed by atoms with Crippen LogP contribution in [-0.4, -0.2) is 68.2 Å². The number of nitrogens with one attached hydrogen (secondary N) is 1. The minimum absolute atomic E-state index is 0.0932. The fourth-order valence-corrected chi connectivity index (χ4v) is 6.57. The van der Waals surface area contributed by atoms with Crippen LogP contribution in [0.15, 0.2) is 66.9 Å². The van der Waals surface area contributed by atoms with Gasteiger partial charge in [-0.1, -0.05) is 30.3 Å². The van der Waals surface area contributed by atoms with Crippen molar-refractivity contribution in [1.82, 2.24) is 24.9 Å². The normalized spacial score (nSPS) is 19.5. The zero-order valence-corrected chi connectivity index (χ0v) is 23.9. The number of fused-ring (bicyclic) bond motifs is 2. The first-order chi connectivity index (χ1) is 21.3. The van der Waals surface area contributed by atoms with Crippen LogP contribution in [0, 0.1) is 0 Å². The van der Waals surface area contributed by atoms with E-state index >= 15 is 0 Å². The summed E-state index contributed by atoms with van der Waals surface area (Å²) in [6.07, 6.45) is 4.09. The van der Waals surface area contributed by atoms with Crippen LogP contribution in [0.5, 0.6) is 0 Å². The van der Waals surface area contributed by atoms with E-state index in [1.807, 2.05) is 30.5 Å². The fraction of sp³-hybridized carbons (Fsp3) is 0.273. The lowest BCUT2D eigenvalue weighted by Gasteiger charge is -2.32. The van der Waals surface area contributed by atoms with Gasteiger partial charge in [0.15, 0.2) is 0 Å². The Bertz CT molecular complexity index is 1850. The predicted molar refractivity (Wildman–Crippen MR) is 160 cm³/mol. The van der Waals surface area contributed by atoms with Gasteiger partial charge in [-0.05, 0) is 79.7 Å². The summed E-state index contributed by atoms with van der Waals surface area (Å²) >= 11 is 0. The van der Waals surface area contributed by atoms with Crippen LogP contribution < -0.4 is 11.1 Å². The van der Waals surface area contributed by atoms with Gasteiger partial charge in [-0.25, -0.2) is 4.68 Å². The molecule has 3 aliphatic heterocycles. The Morgan fingerprint density at radius 3 is 2.39 bits per heavy atom. The van der Waals surface area contributed by atoms with Crippen molar-refractivity contribution in [2.45, 2.75) is 44.2 Å². The number of nitrogens with zero attached hydrogens (tertiary/aromatic N) is 4. The van der Waals surface area contributed by atoms with Crippen molar-refractivity contribution in [2.24, 2.45) is 5.73 Å². The fourth-order valence-electron chi connectivity index (χ4n) is 6.57. The molecule has 11 heteroatoms. The van der Waals surface area contributed by atoms with Crippen LogP contribution in [0.1, 0.15) is 73.8 Å². The quantitative estimate of drug-likeness (QED) is 0.328. The number of nitrogens with two attached hydrogens (primary N) is 1. The van der Waals surface area contributed by atoms with E-state index in [0.717, 1.165) is 47.5 Å². The van der Waals surface area contributed by atoms with E-state index in [9.17, 15) is 24.0 Å². The molecule has 1 atom stereocenters. The number of carbonyl (C=O) groups excluding carboxylic acids is 5. The highest BCUT2D eigenvalue weighted by molar-refractivity contribution is 6.23. The molecule has 5 amide bonds. The number of amides is 5. The number of primary amides is 1. The summed E-state index contributed by atoms with van der Waals surface area (Å²) in [7, 11) is 0. The highest BCUT2D eigenvalue weighted by Gasteiger charge is 2.44. The second kappa shape index (κ2) is 10.8. The topological polar surface area (TPSA) is 148 Å². The summed E-state index contributed by atoms with van der Waals surface area (Å²) in [6.45, 7) is 2.43. The molecule has 1 aromatic heterocycles. The summed E-state index contributed by atoms with van der Waals surface area (Å²) in [6, 6.07) is 18.1. The number of hydrogen-bond donors (Lipinski definition) is 2. The van der Waals surface area contributed by atoms with Gasteiger partial charge in [-0.3, -0.25) is 39.1 Å². The first-order valence-corrected chi connectivity index (χ1v) is 14.7. The summed E-state index contributed by atoms with van der Waals surface area (Å²) in [5.41, 5.74) is 10.2. The van der Waals surface area contributed by atoms with E-state index in [1.165, 1.54) is 5.56 Å². The Hall–Kier alpha value is -5.16. The van der Waals surface area contributed by atoms with Crippen LogP contribution in [0.25, 0.3) is 16.6 Å². The van der Waals surface area contributed by atoms with Gasteiger partial charge in [0.1, 0.15) is 11.6 Å². The second-order valence-corrected chi connectivity index (χ2v) is 11.7. The minimum atomic E-state index is -0.967. The summed E-state index contributed by atoms with van der Waals surface area (Å²) in [5.74, 6) is -2.06. The number of likely N-dealkylation sites (tertiary alicyclic amines) is 1. The van der Waals surface area contributed by atoms with E-state index in [2.05, 4.69) is 27.4 Å². The molecule has 0 aliphatic carbocycles. The van der Waals surface area contributed by atoms with Crippen molar-refractivity contribution >= 4 is 40.4 Å². The zero-order chi connectivity index (χ0) is 30.5. The van der Waals surface area contributed by atoms with Gasteiger partial charge in [0.2, 0.25) is 11.8 Å². The van der Waals surface area contributed by atoms with Gasteiger partial charge in [-0.2, -0.15) is 5.10 Å². The molecule has 44 heavy (non-hydrogen) atoms. The molecule has 3 aromatic carbocycles. The highest BCUT2D eigenvalue weighted by atomic mass is 16.2. The molecule has 222 valence electrons. The standard InChI is InChI=1S/C33H30N6O5/c34-30(41)25-3-1-2-22-18-38(36-29(22)25)23-7-5-20(6-8-23)21-12-14-37(15-13-21)17-19-4-9-24-26(16-19)33(44)39(32(24)43)27-10-11-28(40)35-31(27)42/h1-9,16,18,21,27H,10-15,17H2,(H2,34,41)(H,35,40,42). The molecular weight excluding hydrogens is 560 g/mol. The number of piperidine rings is 2. The van der Waals surface area contributed by atoms with Gasteiger partial charge in [0.05, 0.1) is 22.4 Å². The monoisotopic (exact) mass is 590 g/mol. The van der Waals surface area contributed by atoms with Crippen LogP contribution >= 0.6 is 0 Å². The van der Waals surface area contributed by atoms with Crippen LogP contribution in [0.3, 0.4) is 0 Å². The SMILES string of the molecule is NC(=O)c1cccc2cn(-c3ccc(C4CCN(Cc5ccc6c(c5)C(=O)N(C5CCC(=O)NC5=O)C6=O)CC4)cc3)nc12. The number of carbonyl (C=O) groups is 5. The molecule has 4 aromatic rings. The van der Waals surface area contributed by atoms with Crippen molar-refractivity contribution in [3.63, 3.8) is 0 Å². The highest BCUT2D eigenvalue weighted by Crippen LogP contribution is 2.32. The molecule has 11 nitrogen and oxygen atoms in total. The van der Waals surface area contributed by atoms with Crippen LogP contribution in [0.2, 0.25) is 0 Å². The number of hydrogen-bond acceptors (Lipinski definition) is 7. The number of benzene rings is 3. The van der Waals surface area contributed by atoms with Gasteiger partial charge < -0.3 is 5.73 Å². The molecule has 0 bridgehead atoms. The lowest BCUT2D eigenvalue weighted by molar-refractivity contribution is -0.136. The lowest BCUT2D eigenvalue weighted by atomic mass is 9.89. The van der Waals surface area contributed by atoms with Crippen molar-refractivity contribution in [3.8, 4) is 5.69 Å². The summed E-state index contributed by atoms with van der Waals surface area (Å²) in [4.78, 5) is 65.2. The Balaban J connectivity index is 0.984. The van der Waals surface area contributed by atoms with E-state index in [1.54, 1.807) is 28.9 Å². The van der Waals surface area contributed by atoms with E-state index in [0.29, 0.717) is 34.7 Å².